The van der Waals surface area contributed by atoms with Crippen LogP contribution in [0.15, 0.2) is 43.0 Å². The lowest BCUT2D eigenvalue weighted by Gasteiger charge is -2.17. The van der Waals surface area contributed by atoms with E-state index in [-0.39, 0.29) is 42.1 Å². The number of rotatable bonds is 9. The number of aryl methyl sites for hydroxylation is 1. The number of nitrogens with one attached hydrogen (secondary N) is 2. The van der Waals surface area contributed by atoms with Crippen LogP contribution in [0.1, 0.15) is 35.0 Å². The third-order valence-electron chi connectivity index (χ3n) is 7.03. The summed E-state index contributed by atoms with van der Waals surface area (Å²) in [6.45, 7) is 1.48. The Balaban J connectivity index is 0.00000154. The lowest BCUT2D eigenvalue weighted by molar-refractivity contribution is -0.141. The number of alkyl halides is 5. The number of nitrogens with zero attached hydrogens (tertiary/aromatic N) is 6. The number of fused-ring (bicyclic) bond motifs is 1. The van der Waals surface area contributed by atoms with Crippen LogP contribution in [-0.2, 0) is 28.7 Å². The van der Waals surface area contributed by atoms with Crippen LogP contribution in [0, 0.1) is 0 Å². The van der Waals surface area contributed by atoms with E-state index in [1.807, 2.05) is 6.92 Å². The minimum Gasteiger partial charge on any atom is -0.483 e. The zero-order valence-electron chi connectivity index (χ0n) is 24.3. The normalized spacial score (nSPS) is 14.7. The average Bonchev–Trinajstić information content (AvgIpc) is 3.74. The fourth-order valence-electron chi connectivity index (χ4n) is 4.96. The fraction of sp³-hybridized carbons (Fsp3) is 0.357. The summed E-state index contributed by atoms with van der Waals surface area (Å²) in [7, 11) is 0. The highest BCUT2D eigenvalue weighted by molar-refractivity contribution is 5.98. The van der Waals surface area contributed by atoms with Crippen molar-refractivity contribution in [2.45, 2.75) is 45.0 Å². The Kier molecular flexibility index (Phi) is 10.5. The second kappa shape index (κ2) is 14.3. The van der Waals surface area contributed by atoms with Crippen molar-refractivity contribution in [3.63, 3.8) is 0 Å². The van der Waals surface area contributed by atoms with E-state index in [1.54, 1.807) is 23.1 Å². The first kappa shape index (κ1) is 33.8. The largest absolute Gasteiger partial charge is 0.483 e. The van der Waals surface area contributed by atoms with E-state index in [2.05, 4.69) is 25.7 Å². The summed E-state index contributed by atoms with van der Waals surface area (Å²) < 4.78 is 68.8. The Morgan fingerprint density at radius 2 is 1.98 bits per heavy atom. The molecule has 1 aliphatic rings. The minimum atomic E-state index is -4.89. The highest BCUT2D eigenvalue weighted by Crippen LogP contribution is 2.37. The van der Waals surface area contributed by atoms with Gasteiger partial charge in [-0.05, 0) is 36.6 Å². The molecule has 1 saturated heterocycles. The van der Waals surface area contributed by atoms with Gasteiger partial charge in [-0.2, -0.15) is 18.3 Å². The van der Waals surface area contributed by atoms with Crippen molar-refractivity contribution in [3.8, 4) is 11.3 Å². The van der Waals surface area contributed by atoms with Gasteiger partial charge >= 0.3 is 6.18 Å². The second-order valence-corrected chi connectivity index (χ2v) is 10.1. The topological polar surface area (TPSA) is 173 Å². The van der Waals surface area contributed by atoms with E-state index in [0.29, 0.717) is 41.0 Å². The molecule has 3 aromatic heterocycles. The van der Waals surface area contributed by atoms with Gasteiger partial charge < -0.3 is 26.4 Å². The van der Waals surface area contributed by atoms with Gasteiger partial charge in [0.15, 0.2) is 17.2 Å². The van der Waals surface area contributed by atoms with E-state index < -0.39 is 36.3 Å². The molecule has 0 radical (unpaired) electrons. The molecule has 0 spiro atoms. The summed E-state index contributed by atoms with van der Waals surface area (Å²) in [5.74, 6) is -0.415. The van der Waals surface area contributed by atoms with Crippen molar-refractivity contribution in [2.24, 2.45) is 5.73 Å². The molecule has 2 amide bonds. The molecule has 1 aromatic carbocycles. The van der Waals surface area contributed by atoms with E-state index in [4.69, 9.17) is 15.6 Å². The number of amides is 2. The summed E-state index contributed by atoms with van der Waals surface area (Å²) in [4.78, 5) is 43.7. The standard InChI is InChI=1S/C27H28F5N9O2.CH2O2/c1-2-15-9-17(3-4-18(15)26(43)36-11-22(42)39-7-5-16(33)12-39)37-24-25-35-10-20(41(25)8-6-34-24)19-13-40(14-21(28)29)38-23(19)27(30,31)32;2-1-3/h3-4,6,8-10,13,16,21H,2,5,7,11-12,14,33H2,1H3,(H,34,37)(H,36,43);1H,(H,2,3)/t16-;/m1./s1. The van der Waals surface area contributed by atoms with Crippen molar-refractivity contribution in [2.75, 3.05) is 25.0 Å². The van der Waals surface area contributed by atoms with Crippen molar-refractivity contribution in [1.82, 2.24) is 34.4 Å². The maximum atomic E-state index is 13.7. The van der Waals surface area contributed by atoms with Crippen molar-refractivity contribution in [3.05, 3.63) is 59.8 Å². The first-order valence-electron chi connectivity index (χ1n) is 13.9. The smallest absolute Gasteiger partial charge is 0.435 e. The Bertz CT molecular complexity index is 1710. The van der Waals surface area contributed by atoms with Gasteiger partial charge in [-0.15, -0.1) is 0 Å². The Hall–Kier alpha value is -5.13. The van der Waals surface area contributed by atoms with Gasteiger partial charge in [-0.1, -0.05) is 6.92 Å². The summed E-state index contributed by atoms with van der Waals surface area (Å²) in [5, 5.41) is 16.0. The number of benzene rings is 1. The van der Waals surface area contributed by atoms with Crippen molar-refractivity contribution in [1.29, 1.82) is 0 Å². The number of aromatic nitrogens is 5. The van der Waals surface area contributed by atoms with Gasteiger partial charge in [-0.3, -0.25) is 23.5 Å². The van der Waals surface area contributed by atoms with Gasteiger partial charge in [0, 0.05) is 49.0 Å². The molecule has 0 bridgehead atoms. The summed E-state index contributed by atoms with van der Waals surface area (Å²) in [6, 6.07) is 4.88. The number of carboxylic acid groups (broad SMARTS) is 1. The molecule has 1 aliphatic heterocycles. The summed E-state index contributed by atoms with van der Waals surface area (Å²) in [5.41, 5.74) is 5.87. The molecule has 1 fully saturated rings. The molecule has 0 aliphatic carbocycles. The monoisotopic (exact) mass is 651 g/mol. The Morgan fingerprint density at radius 3 is 2.61 bits per heavy atom. The van der Waals surface area contributed by atoms with Crippen LogP contribution < -0.4 is 16.4 Å². The SMILES string of the molecule is CCc1cc(Nc2nccn3c(-c4cn(CC(F)F)nc4C(F)(F)F)cnc23)ccc1C(=O)NCC(=O)N1CC[C@@H](N)C1.O=CO. The maximum absolute atomic E-state index is 13.7. The predicted molar refractivity (Wildman–Crippen MR) is 155 cm³/mol. The molecule has 4 aromatic rings. The van der Waals surface area contributed by atoms with Gasteiger partial charge in [-0.25, -0.2) is 18.7 Å². The van der Waals surface area contributed by atoms with Crippen LogP contribution in [0.4, 0.5) is 33.5 Å². The summed E-state index contributed by atoms with van der Waals surface area (Å²) >= 11 is 0. The molecule has 5 N–H and O–H groups in total. The highest BCUT2D eigenvalue weighted by atomic mass is 19.4. The van der Waals surface area contributed by atoms with E-state index >= 15 is 0 Å². The third kappa shape index (κ3) is 7.74. The van der Waals surface area contributed by atoms with Crippen LogP contribution in [0.2, 0.25) is 0 Å². The van der Waals surface area contributed by atoms with Crippen LogP contribution in [0.25, 0.3) is 16.9 Å². The number of imidazole rings is 1. The maximum Gasteiger partial charge on any atom is 0.435 e. The average molecular weight is 652 g/mol. The first-order valence-corrected chi connectivity index (χ1v) is 13.9. The predicted octanol–water partition coefficient (Wildman–Crippen LogP) is 3.17. The number of hydrogen-bond donors (Lipinski definition) is 4. The van der Waals surface area contributed by atoms with E-state index in [9.17, 15) is 31.5 Å². The molecule has 0 saturated carbocycles. The molecular weight excluding hydrogens is 621 g/mol. The van der Waals surface area contributed by atoms with Crippen LogP contribution >= 0.6 is 0 Å². The van der Waals surface area contributed by atoms with E-state index in [1.165, 1.54) is 23.0 Å². The lowest BCUT2D eigenvalue weighted by Crippen LogP contribution is -2.40. The number of likely N-dealkylation sites (tertiary alicyclic amines) is 1. The molecule has 246 valence electrons. The molecule has 1 atom stereocenters. The minimum absolute atomic E-state index is 0.0139. The Morgan fingerprint density at radius 1 is 1.24 bits per heavy atom. The molecule has 0 unspecified atom stereocenters. The lowest BCUT2D eigenvalue weighted by atomic mass is 10.0. The number of hydrogen-bond acceptors (Lipinski definition) is 8. The van der Waals surface area contributed by atoms with Crippen molar-refractivity contribution < 1.29 is 41.4 Å². The molecule has 18 heteroatoms. The molecule has 5 rings (SSSR count). The third-order valence-corrected chi connectivity index (χ3v) is 7.03. The van der Waals surface area contributed by atoms with E-state index in [0.717, 1.165) is 12.6 Å². The highest BCUT2D eigenvalue weighted by Gasteiger charge is 2.38. The second-order valence-electron chi connectivity index (χ2n) is 10.1. The zero-order valence-corrected chi connectivity index (χ0v) is 24.3. The molecular formula is C28H30F5N9O4. The Labute approximate surface area is 258 Å². The molecule has 4 heterocycles. The van der Waals surface area contributed by atoms with Gasteiger partial charge in [0.1, 0.15) is 6.54 Å². The number of anilines is 2. The van der Waals surface area contributed by atoms with Gasteiger partial charge in [0.05, 0.1) is 24.0 Å². The number of halogens is 5. The summed E-state index contributed by atoms with van der Waals surface area (Å²) in [6.07, 6.45) is -1.72. The number of carbonyl (C=O) groups excluding carboxylic acids is 2. The van der Waals surface area contributed by atoms with Crippen LogP contribution in [-0.4, -0.2) is 84.5 Å². The quantitative estimate of drug-likeness (QED) is 0.157. The molecule has 46 heavy (non-hydrogen) atoms. The zero-order chi connectivity index (χ0) is 33.6. The number of carbonyl (C=O) groups is 3. The van der Waals surface area contributed by atoms with Gasteiger partial charge in [0.25, 0.3) is 18.8 Å². The van der Waals surface area contributed by atoms with Crippen molar-refractivity contribution >= 4 is 35.4 Å². The first-order chi connectivity index (χ1) is 21.9. The van der Waals surface area contributed by atoms with Crippen LogP contribution in [0.3, 0.4) is 0 Å². The molecule has 13 nitrogen and oxygen atoms in total. The van der Waals surface area contributed by atoms with Crippen LogP contribution in [0.5, 0.6) is 0 Å². The van der Waals surface area contributed by atoms with Gasteiger partial charge in [0.2, 0.25) is 5.91 Å². The number of nitrogens with two attached hydrogens (primary N) is 1. The fourth-order valence-corrected chi connectivity index (χ4v) is 4.96.